The molecule has 0 saturated heterocycles. The van der Waals surface area contributed by atoms with Gasteiger partial charge in [0, 0.05) is 40.6 Å². The van der Waals surface area contributed by atoms with E-state index in [1.54, 1.807) is 30.3 Å². The Morgan fingerprint density at radius 1 is 0.974 bits per heavy atom. The summed E-state index contributed by atoms with van der Waals surface area (Å²) in [6.45, 7) is 1.99. The van der Waals surface area contributed by atoms with Gasteiger partial charge in [0.15, 0.2) is 11.2 Å². The number of thiazole rings is 1. The van der Waals surface area contributed by atoms with Crippen molar-refractivity contribution in [2.75, 3.05) is 5.32 Å². The molecule has 0 aliphatic heterocycles. The number of carbonyl (C=O) groups is 3. The number of non-ortho nitro benzene ring substituents is 1. The fourth-order valence-electron chi connectivity index (χ4n) is 3.57. The summed E-state index contributed by atoms with van der Waals surface area (Å²) < 4.78 is 5.47. The minimum atomic E-state index is -1.32. The van der Waals surface area contributed by atoms with Crippen molar-refractivity contribution in [3.8, 4) is 11.3 Å². The first-order valence-electron chi connectivity index (χ1n) is 11.7. The van der Waals surface area contributed by atoms with Gasteiger partial charge >= 0.3 is 5.97 Å². The Labute approximate surface area is 222 Å². The topological polar surface area (TPSA) is 128 Å². The van der Waals surface area contributed by atoms with Crippen LogP contribution in [-0.4, -0.2) is 27.6 Å². The monoisotopic (exact) mass is 529 g/mol. The number of nitro groups is 1. The van der Waals surface area contributed by atoms with Crippen molar-refractivity contribution >= 4 is 39.8 Å². The minimum Gasteiger partial charge on any atom is -0.449 e. The van der Waals surface area contributed by atoms with Gasteiger partial charge in [0.1, 0.15) is 0 Å². The van der Waals surface area contributed by atoms with E-state index in [1.165, 1.54) is 35.6 Å². The summed E-state index contributed by atoms with van der Waals surface area (Å²) in [7, 11) is 0. The summed E-state index contributed by atoms with van der Waals surface area (Å²) in [4.78, 5) is 53.0. The Bertz CT molecular complexity index is 1450. The first-order valence-corrected chi connectivity index (χ1v) is 12.5. The van der Waals surface area contributed by atoms with Crippen LogP contribution < -0.4 is 5.32 Å². The van der Waals surface area contributed by atoms with E-state index in [2.05, 4.69) is 10.3 Å². The summed E-state index contributed by atoms with van der Waals surface area (Å²) in [5.74, 6) is -1.66. The number of aryl methyl sites for hydroxylation is 1. The number of esters is 1. The van der Waals surface area contributed by atoms with E-state index >= 15 is 0 Å². The number of nitrogens with zero attached hydrogens (tertiary/aromatic N) is 2. The van der Waals surface area contributed by atoms with Crippen molar-refractivity contribution < 1.29 is 24.0 Å². The van der Waals surface area contributed by atoms with Crippen LogP contribution in [0.5, 0.6) is 0 Å². The van der Waals surface area contributed by atoms with Crippen LogP contribution in [0.1, 0.15) is 40.4 Å². The highest BCUT2D eigenvalue weighted by atomic mass is 32.1. The number of ether oxygens (including phenoxy) is 1. The van der Waals surface area contributed by atoms with Crippen molar-refractivity contribution in [3.05, 3.63) is 111 Å². The lowest BCUT2D eigenvalue weighted by molar-refractivity contribution is -0.384. The van der Waals surface area contributed by atoms with Crippen molar-refractivity contribution in [1.82, 2.24) is 4.98 Å². The number of hydrogen-bond acceptors (Lipinski definition) is 8. The maximum Gasteiger partial charge on any atom is 0.307 e. The van der Waals surface area contributed by atoms with Crippen molar-refractivity contribution in [3.63, 3.8) is 0 Å². The molecule has 1 N–H and O–H groups in total. The summed E-state index contributed by atoms with van der Waals surface area (Å²) >= 11 is 1.27. The molecule has 0 saturated carbocycles. The first-order chi connectivity index (χ1) is 18.3. The first kappa shape index (κ1) is 26.4. The molecule has 0 aliphatic rings. The number of carbonyl (C=O) groups excluding carboxylic acids is 3. The van der Waals surface area contributed by atoms with Gasteiger partial charge in [-0.05, 0) is 19.1 Å². The number of amides is 1. The molecule has 192 valence electrons. The van der Waals surface area contributed by atoms with Crippen molar-refractivity contribution in [1.29, 1.82) is 0 Å². The molecule has 10 heteroatoms. The number of Topliss-reactive ketones (excluding diaryl/α,β-unsaturated/α-hetero) is 1. The Morgan fingerprint density at radius 3 is 2.32 bits per heavy atom. The summed E-state index contributed by atoms with van der Waals surface area (Å²) in [5.41, 5.74) is 3.23. The molecule has 1 heterocycles. The molecule has 4 aromatic rings. The van der Waals surface area contributed by atoms with E-state index in [0.29, 0.717) is 10.7 Å². The molecular formula is C28H23N3O6S. The molecule has 0 spiro atoms. The van der Waals surface area contributed by atoms with Crippen LogP contribution in [0.4, 0.5) is 10.8 Å². The molecule has 38 heavy (non-hydrogen) atoms. The van der Waals surface area contributed by atoms with Crippen LogP contribution in [-0.2, 0) is 14.3 Å². The molecule has 0 aliphatic carbocycles. The Hall–Kier alpha value is -4.70. The van der Waals surface area contributed by atoms with Gasteiger partial charge < -0.3 is 10.1 Å². The van der Waals surface area contributed by atoms with E-state index in [-0.39, 0.29) is 24.1 Å². The normalized spacial score (nSPS) is 11.4. The molecule has 1 amide bonds. The Morgan fingerprint density at radius 2 is 1.66 bits per heavy atom. The smallest absolute Gasteiger partial charge is 0.307 e. The van der Waals surface area contributed by atoms with Gasteiger partial charge in [-0.2, -0.15) is 0 Å². The van der Waals surface area contributed by atoms with Gasteiger partial charge in [0.05, 0.1) is 17.0 Å². The number of nitrogens with one attached hydrogen (secondary N) is 1. The molecule has 1 aromatic heterocycles. The zero-order valence-corrected chi connectivity index (χ0v) is 21.1. The van der Waals surface area contributed by atoms with E-state index in [9.17, 15) is 24.5 Å². The third-order valence-corrected chi connectivity index (χ3v) is 6.36. The number of nitro benzene ring substituents is 1. The number of rotatable bonds is 10. The third kappa shape index (κ3) is 6.74. The van der Waals surface area contributed by atoms with Crippen LogP contribution in [0.2, 0.25) is 0 Å². The third-order valence-electron chi connectivity index (χ3n) is 5.61. The van der Waals surface area contributed by atoms with E-state index < -0.39 is 28.7 Å². The predicted octanol–water partition coefficient (Wildman–Crippen LogP) is 5.91. The molecule has 9 nitrogen and oxygen atoms in total. The maximum absolute atomic E-state index is 13.1. The van der Waals surface area contributed by atoms with Crippen molar-refractivity contribution in [2.45, 2.75) is 25.9 Å². The predicted molar refractivity (Wildman–Crippen MR) is 143 cm³/mol. The lowest BCUT2D eigenvalue weighted by atomic mass is 9.99. The molecule has 0 fully saturated rings. The maximum atomic E-state index is 13.1. The van der Waals surface area contributed by atoms with Crippen LogP contribution in [0.25, 0.3) is 11.3 Å². The summed E-state index contributed by atoms with van der Waals surface area (Å²) in [5, 5.41) is 15.9. The summed E-state index contributed by atoms with van der Waals surface area (Å²) in [6, 6.07) is 21.3. The SMILES string of the molecule is Cc1ccc(-c2csc(NC(=O)CCC(=O)O[C@H](C(=O)c3ccccc3)c3ccc([N+](=O)[O-])cc3)n2)cc1. The molecule has 0 bridgehead atoms. The number of benzene rings is 3. The number of ketones is 1. The molecule has 0 unspecified atom stereocenters. The van der Waals surface area contributed by atoms with Crippen LogP contribution in [0.3, 0.4) is 0 Å². The molecular weight excluding hydrogens is 506 g/mol. The van der Waals surface area contributed by atoms with Gasteiger partial charge in [0.2, 0.25) is 11.7 Å². The second kappa shape index (κ2) is 12.0. The van der Waals surface area contributed by atoms with Crippen LogP contribution >= 0.6 is 11.3 Å². The van der Waals surface area contributed by atoms with Crippen LogP contribution in [0.15, 0.2) is 84.2 Å². The zero-order valence-electron chi connectivity index (χ0n) is 20.3. The molecule has 1 atom stereocenters. The number of hydrogen-bond donors (Lipinski definition) is 1. The second-order valence-electron chi connectivity index (χ2n) is 8.40. The second-order valence-corrected chi connectivity index (χ2v) is 9.26. The van der Waals surface area contributed by atoms with E-state index in [1.807, 2.05) is 36.6 Å². The van der Waals surface area contributed by atoms with Crippen molar-refractivity contribution in [2.24, 2.45) is 0 Å². The van der Waals surface area contributed by atoms with Gasteiger partial charge in [0.25, 0.3) is 5.69 Å². The van der Waals surface area contributed by atoms with Gasteiger partial charge in [-0.1, -0.05) is 60.2 Å². The van der Waals surface area contributed by atoms with Gasteiger partial charge in [-0.15, -0.1) is 11.3 Å². The fraction of sp³-hybridized carbons (Fsp3) is 0.143. The summed E-state index contributed by atoms with van der Waals surface area (Å²) in [6.07, 6.45) is -1.76. The van der Waals surface area contributed by atoms with E-state index in [0.717, 1.165) is 16.8 Å². The minimum absolute atomic E-state index is 0.157. The number of anilines is 1. The Kier molecular flexibility index (Phi) is 8.34. The quantitative estimate of drug-likeness (QED) is 0.117. The Balaban J connectivity index is 1.39. The van der Waals surface area contributed by atoms with Gasteiger partial charge in [-0.25, -0.2) is 4.98 Å². The highest BCUT2D eigenvalue weighted by molar-refractivity contribution is 7.14. The average Bonchev–Trinajstić information content (AvgIpc) is 3.39. The van der Waals surface area contributed by atoms with Gasteiger partial charge in [-0.3, -0.25) is 24.5 Å². The highest BCUT2D eigenvalue weighted by Gasteiger charge is 2.27. The average molecular weight is 530 g/mol. The molecule has 3 aromatic carbocycles. The standard InChI is InChI=1S/C28H23N3O6S/c1-18-7-9-19(10-8-18)23-17-38-28(29-23)30-24(32)15-16-25(33)37-27(26(34)20-5-3-2-4-6-20)21-11-13-22(14-12-21)31(35)36/h2-14,17,27H,15-16H2,1H3,(H,29,30,32)/t27-/m0/s1. The number of aromatic nitrogens is 1. The fourth-order valence-corrected chi connectivity index (χ4v) is 4.31. The lowest BCUT2D eigenvalue weighted by Crippen LogP contribution is -2.21. The van der Waals surface area contributed by atoms with Crippen LogP contribution in [0, 0.1) is 17.0 Å². The van der Waals surface area contributed by atoms with E-state index in [4.69, 9.17) is 4.74 Å². The highest BCUT2D eigenvalue weighted by Crippen LogP contribution is 2.27. The largest absolute Gasteiger partial charge is 0.449 e. The molecule has 4 rings (SSSR count). The molecule has 0 radical (unpaired) electrons. The lowest BCUT2D eigenvalue weighted by Gasteiger charge is -2.17. The zero-order chi connectivity index (χ0) is 27.1.